The van der Waals surface area contributed by atoms with Crippen LogP contribution in [0.5, 0.6) is 0 Å². The molecule has 2 heterocycles. The average molecular weight is 271 g/mol. The second-order valence-corrected chi connectivity index (χ2v) is 4.55. The van der Waals surface area contributed by atoms with E-state index >= 15 is 0 Å². The maximum atomic E-state index is 5.68. The maximum absolute atomic E-state index is 5.68. The lowest BCUT2D eigenvalue weighted by molar-refractivity contribution is -0.0934. The molecule has 0 aliphatic carbocycles. The van der Waals surface area contributed by atoms with Gasteiger partial charge in [-0.3, -0.25) is 0 Å². The predicted octanol–water partition coefficient (Wildman–Crippen LogP) is 2.27. The van der Waals surface area contributed by atoms with E-state index in [9.17, 15) is 0 Å². The first-order valence-electron chi connectivity index (χ1n) is 6.68. The molecule has 104 valence electrons. The molecule has 5 nitrogen and oxygen atoms in total. The van der Waals surface area contributed by atoms with Crippen LogP contribution in [0.4, 0.5) is 5.82 Å². The Morgan fingerprint density at radius 1 is 1.15 bits per heavy atom. The molecule has 1 saturated heterocycles. The molecule has 0 amide bonds. The van der Waals surface area contributed by atoms with Crippen molar-refractivity contribution >= 4 is 5.82 Å². The molecule has 1 aromatic carbocycles. The second-order valence-electron chi connectivity index (χ2n) is 4.55. The van der Waals surface area contributed by atoms with Gasteiger partial charge in [0, 0.05) is 18.7 Å². The first kappa shape index (κ1) is 13.0. The number of anilines is 1. The molecule has 1 unspecified atom stereocenters. The van der Waals surface area contributed by atoms with Gasteiger partial charge in [0.1, 0.15) is 11.9 Å². The summed E-state index contributed by atoms with van der Waals surface area (Å²) in [6.45, 7) is 1.72. The molecule has 2 aromatic rings. The van der Waals surface area contributed by atoms with E-state index in [1.165, 1.54) is 0 Å². The van der Waals surface area contributed by atoms with Crippen molar-refractivity contribution in [2.75, 3.05) is 32.2 Å². The van der Waals surface area contributed by atoms with Crippen molar-refractivity contribution < 1.29 is 9.47 Å². The first-order valence-corrected chi connectivity index (χ1v) is 6.68. The Morgan fingerprint density at radius 2 is 2.00 bits per heavy atom. The topological polar surface area (TPSA) is 56.3 Å². The van der Waals surface area contributed by atoms with Crippen molar-refractivity contribution in [2.45, 2.75) is 6.10 Å². The molecule has 1 fully saturated rings. The molecular weight excluding hydrogens is 254 g/mol. The van der Waals surface area contributed by atoms with Crippen molar-refractivity contribution in [1.82, 2.24) is 9.97 Å². The van der Waals surface area contributed by atoms with Crippen molar-refractivity contribution in [3.05, 3.63) is 42.2 Å². The van der Waals surface area contributed by atoms with Gasteiger partial charge >= 0.3 is 0 Å². The minimum atomic E-state index is -0.195. The highest BCUT2D eigenvalue weighted by atomic mass is 16.6. The van der Waals surface area contributed by atoms with Gasteiger partial charge in [-0.05, 0) is 0 Å². The van der Waals surface area contributed by atoms with Gasteiger partial charge in [-0.2, -0.15) is 0 Å². The van der Waals surface area contributed by atoms with E-state index in [2.05, 4.69) is 15.3 Å². The lowest BCUT2D eigenvalue weighted by Crippen LogP contribution is -2.24. The number of hydrogen-bond donors (Lipinski definition) is 1. The fourth-order valence-electron chi connectivity index (χ4n) is 2.13. The van der Waals surface area contributed by atoms with Crippen LogP contribution in [-0.4, -0.2) is 36.8 Å². The van der Waals surface area contributed by atoms with Crippen LogP contribution < -0.4 is 5.32 Å². The van der Waals surface area contributed by atoms with Crippen LogP contribution in [0.15, 0.2) is 36.4 Å². The Kier molecular flexibility index (Phi) is 3.90. The van der Waals surface area contributed by atoms with Crippen LogP contribution in [0, 0.1) is 0 Å². The monoisotopic (exact) mass is 271 g/mol. The zero-order valence-electron chi connectivity index (χ0n) is 11.4. The smallest absolute Gasteiger partial charge is 0.162 e. The zero-order chi connectivity index (χ0) is 13.8. The fraction of sp³-hybridized carbons (Fsp3) is 0.333. The van der Waals surface area contributed by atoms with Crippen molar-refractivity contribution in [3.8, 4) is 11.3 Å². The third kappa shape index (κ3) is 2.79. The van der Waals surface area contributed by atoms with E-state index < -0.39 is 0 Å². The van der Waals surface area contributed by atoms with E-state index in [0.29, 0.717) is 25.6 Å². The molecule has 1 aliphatic rings. The van der Waals surface area contributed by atoms with Crippen molar-refractivity contribution in [1.29, 1.82) is 0 Å². The standard InChI is InChI=1S/C15H17N3O2/c1-16-14-9-12(11-5-3-2-4-6-11)17-15(18-14)13-10-19-7-8-20-13/h2-6,9,13H,7-8,10H2,1H3,(H,16,17,18). The Balaban J connectivity index is 1.98. The van der Waals surface area contributed by atoms with Crippen LogP contribution in [-0.2, 0) is 9.47 Å². The van der Waals surface area contributed by atoms with Crippen LogP contribution in [0.2, 0.25) is 0 Å². The van der Waals surface area contributed by atoms with Crippen molar-refractivity contribution in [2.24, 2.45) is 0 Å². The normalized spacial score (nSPS) is 18.8. The fourth-order valence-corrected chi connectivity index (χ4v) is 2.13. The third-order valence-corrected chi connectivity index (χ3v) is 3.17. The molecule has 3 rings (SSSR count). The predicted molar refractivity (Wildman–Crippen MR) is 76.5 cm³/mol. The summed E-state index contributed by atoms with van der Waals surface area (Å²) in [7, 11) is 1.85. The van der Waals surface area contributed by atoms with E-state index in [4.69, 9.17) is 9.47 Å². The summed E-state index contributed by atoms with van der Waals surface area (Å²) in [4.78, 5) is 9.09. The molecule has 1 aromatic heterocycles. The lowest BCUT2D eigenvalue weighted by atomic mass is 10.1. The van der Waals surface area contributed by atoms with Crippen molar-refractivity contribution in [3.63, 3.8) is 0 Å². The first-order chi connectivity index (χ1) is 9.86. The number of hydrogen-bond acceptors (Lipinski definition) is 5. The van der Waals surface area contributed by atoms with Crippen LogP contribution >= 0.6 is 0 Å². The summed E-state index contributed by atoms with van der Waals surface area (Å²) < 4.78 is 11.1. The quantitative estimate of drug-likeness (QED) is 0.928. The van der Waals surface area contributed by atoms with Gasteiger partial charge in [-0.25, -0.2) is 9.97 Å². The summed E-state index contributed by atoms with van der Waals surface area (Å²) in [5, 5.41) is 3.07. The molecule has 1 atom stereocenters. The number of benzene rings is 1. The number of rotatable bonds is 3. The molecule has 0 saturated carbocycles. The lowest BCUT2D eigenvalue weighted by Gasteiger charge is -2.22. The highest BCUT2D eigenvalue weighted by molar-refractivity contribution is 5.62. The highest BCUT2D eigenvalue weighted by Crippen LogP contribution is 2.24. The number of nitrogens with zero attached hydrogens (tertiary/aromatic N) is 2. The number of aromatic nitrogens is 2. The minimum absolute atomic E-state index is 0.195. The molecule has 1 N–H and O–H groups in total. The Bertz CT molecular complexity index is 569. The van der Waals surface area contributed by atoms with E-state index in [-0.39, 0.29) is 6.10 Å². The van der Waals surface area contributed by atoms with Crippen LogP contribution in [0.25, 0.3) is 11.3 Å². The Hall–Kier alpha value is -1.98. The Morgan fingerprint density at radius 3 is 2.70 bits per heavy atom. The number of nitrogens with one attached hydrogen (secondary N) is 1. The van der Waals surface area contributed by atoms with Gasteiger partial charge in [0.05, 0.1) is 25.5 Å². The number of ether oxygens (including phenoxy) is 2. The summed E-state index contributed by atoms with van der Waals surface area (Å²) in [6.07, 6.45) is -0.195. The van der Waals surface area contributed by atoms with Gasteiger partial charge in [-0.1, -0.05) is 30.3 Å². The molecule has 20 heavy (non-hydrogen) atoms. The molecular formula is C15H17N3O2. The molecule has 0 spiro atoms. The molecule has 1 aliphatic heterocycles. The average Bonchev–Trinajstić information content (AvgIpc) is 2.56. The largest absolute Gasteiger partial charge is 0.376 e. The minimum Gasteiger partial charge on any atom is -0.376 e. The molecule has 0 radical (unpaired) electrons. The van der Waals surface area contributed by atoms with Gasteiger partial charge in [-0.15, -0.1) is 0 Å². The van der Waals surface area contributed by atoms with Gasteiger partial charge < -0.3 is 14.8 Å². The summed E-state index contributed by atoms with van der Waals surface area (Å²) >= 11 is 0. The molecule has 5 heteroatoms. The van der Waals surface area contributed by atoms with Crippen LogP contribution in [0.1, 0.15) is 11.9 Å². The second kappa shape index (κ2) is 5.98. The summed E-state index contributed by atoms with van der Waals surface area (Å²) in [5.74, 6) is 1.44. The Labute approximate surface area is 118 Å². The van der Waals surface area contributed by atoms with Gasteiger partial charge in [0.2, 0.25) is 0 Å². The zero-order valence-corrected chi connectivity index (χ0v) is 11.4. The highest BCUT2D eigenvalue weighted by Gasteiger charge is 2.21. The van der Waals surface area contributed by atoms with Gasteiger partial charge in [0.15, 0.2) is 5.82 Å². The van der Waals surface area contributed by atoms with Gasteiger partial charge in [0.25, 0.3) is 0 Å². The summed E-state index contributed by atoms with van der Waals surface area (Å²) in [6, 6.07) is 12.0. The van der Waals surface area contributed by atoms with E-state index in [0.717, 1.165) is 17.1 Å². The van der Waals surface area contributed by atoms with E-state index in [1.807, 2.05) is 43.4 Å². The van der Waals surface area contributed by atoms with E-state index in [1.54, 1.807) is 0 Å². The summed E-state index contributed by atoms with van der Waals surface area (Å²) in [5.41, 5.74) is 1.94. The maximum Gasteiger partial charge on any atom is 0.162 e. The SMILES string of the molecule is CNc1cc(-c2ccccc2)nc(C2COCCO2)n1. The van der Waals surface area contributed by atoms with Crippen LogP contribution in [0.3, 0.4) is 0 Å². The third-order valence-electron chi connectivity index (χ3n) is 3.17. The molecule has 0 bridgehead atoms.